The van der Waals surface area contributed by atoms with Crippen LogP contribution in [0.5, 0.6) is 11.5 Å². The molecule has 2 aliphatic heterocycles. The van der Waals surface area contributed by atoms with Gasteiger partial charge in [-0.25, -0.2) is 0 Å². The summed E-state index contributed by atoms with van der Waals surface area (Å²) >= 11 is 6.26. The molecule has 3 atom stereocenters. The number of piperazine rings is 1. The van der Waals surface area contributed by atoms with Gasteiger partial charge in [0, 0.05) is 63.7 Å². The summed E-state index contributed by atoms with van der Waals surface area (Å²) in [5.74, 6) is 1.59. The summed E-state index contributed by atoms with van der Waals surface area (Å²) in [4.78, 5) is 7.24. The number of fused-ring (bicyclic) bond motifs is 1. The minimum Gasteiger partial charge on any atom is -0.495 e. The Kier molecular flexibility index (Phi) is 10.2. The van der Waals surface area contributed by atoms with Crippen LogP contribution in [-0.4, -0.2) is 94.3 Å². The van der Waals surface area contributed by atoms with Crippen LogP contribution in [-0.2, 0) is 4.74 Å². The molecule has 0 saturated carbocycles. The van der Waals surface area contributed by atoms with Crippen LogP contribution in [0.4, 0.5) is 5.69 Å². The fourth-order valence-corrected chi connectivity index (χ4v) is 6.13. The molecular weight excluding hydrogens is 502 g/mol. The van der Waals surface area contributed by atoms with Crippen molar-refractivity contribution >= 4 is 17.3 Å². The number of methoxy groups -OCH3 is 2. The minimum absolute atomic E-state index is 0.278. The number of piperidine rings is 1. The highest BCUT2D eigenvalue weighted by Crippen LogP contribution is 2.40. The molecule has 0 aromatic heterocycles. The third kappa shape index (κ3) is 6.75. The van der Waals surface area contributed by atoms with Crippen molar-refractivity contribution in [2.45, 2.75) is 51.3 Å². The summed E-state index contributed by atoms with van der Waals surface area (Å²) in [7, 11) is 5.34. The van der Waals surface area contributed by atoms with Crippen LogP contribution in [0.2, 0.25) is 5.02 Å². The van der Waals surface area contributed by atoms with Gasteiger partial charge in [0.25, 0.3) is 0 Å². The fraction of sp³-hybridized carbons (Fsp3) is 0.600. The van der Waals surface area contributed by atoms with Gasteiger partial charge in [0.05, 0.1) is 18.7 Å². The first-order valence-corrected chi connectivity index (χ1v) is 14.1. The average Bonchev–Trinajstić information content (AvgIpc) is 2.92. The second-order valence-corrected chi connectivity index (χ2v) is 11.1. The van der Waals surface area contributed by atoms with Crippen LogP contribution in [0, 0.1) is 13.8 Å². The van der Waals surface area contributed by atoms with Gasteiger partial charge in [-0.3, -0.25) is 4.90 Å². The Morgan fingerprint density at radius 3 is 2.66 bits per heavy atom. The Morgan fingerprint density at radius 1 is 1.08 bits per heavy atom. The summed E-state index contributed by atoms with van der Waals surface area (Å²) in [6, 6.07) is 11.4. The van der Waals surface area contributed by atoms with Crippen molar-refractivity contribution < 1.29 is 19.3 Å². The first-order chi connectivity index (χ1) is 18.3. The van der Waals surface area contributed by atoms with Gasteiger partial charge in [-0.15, -0.1) is 0 Å². The maximum atomic E-state index is 10.4. The lowest BCUT2D eigenvalue weighted by Crippen LogP contribution is -2.56. The zero-order valence-electron chi connectivity index (χ0n) is 23.6. The highest BCUT2D eigenvalue weighted by molar-refractivity contribution is 6.32. The van der Waals surface area contributed by atoms with Crippen LogP contribution in [0.25, 0.3) is 0 Å². The van der Waals surface area contributed by atoms with Crippen molar-refractivity contribution in [1.29, 1.82) is 0 Å². The van der Waals surface area contributed by atoms with E-state index in [4.69, 9.17) is 25.8 Å². The standard InChI is InChI=1S/C30H44ClN3O4/c1-21-22(2)29(38-20-25(35)19-32(3)15-16-36-4)12-10-26(21)28-8-6-7-24-18-33(13-14-34(24)28)23-9-11-27(31)30(17-23)37-5/h9-12,17,24-25,28,35H,6-8,13-16,18-20H2,1-5H3/t24-,25?,28+/m0/s1. The molecule has 7 nitrogen and oxygen atoms in total. The smallest absolute Gasteiger partial charge is 0.139 e. The number of halogens is 1. The number of hydrogen-bond donors (Lipinski definition) is 1. The molecule has 0 spiro atoms. The van der Waals surface area contributed by atoms with Crippen LogP contribution in [0.15, 0.2) is 30.3 Å². The highest BCUT2D eigenvalue weighted by atomic mass is 35.5. The van der Waals surface area contributed by atoms with Crippen LogP contribution < -0.4 is 14.4 Å². The van der Waals surface area contributed by atoms with Crippen molar-refractivity contribution in [1.82, 2.24) is 9.80 Å². The van der Waals surface area contributed by atoms with Crippen molar-refractivity contribution in [2.75, 3.05) is 72.1 Å². The second kappa shape index (κ2) is 13.4. The second-order valence-electron chi connectivity index (χ2n) is 10.7. The molecule has 2 aromatic rings. The molecule has 8 heteroatoms. The SMILES string of the molecule is COCCN(C)CC(O)COc1ccc([C@H]2CCC[C@H]3CN(c4ccc(Cl)c(OC)c4)CCN32)c(C)c1C. The molecule has 38 heavy (non-hydrogen) atoms. The molecule has 0 amide bonds. The number of hydrogen-bond acceptors (Lipinski definition) is 7. The van der Waals surface area contributed by atoms with Crippen LogP contribution in [0.1, 0.15) is 42.0 Å². The van der Waals surface area contributed by atoms with E-state index in [0.29, 0.717) is 30.3 Å². The number of anilines is 1. The molecule has 2 aliphatic rings. The van der Waals surface area contributed by atoms with Gasteiger partial charge in [-0.2, -0.15) is 0 Å². The molecule has 2 aromatic carbocycles. The van der Waals surface area contributed by atoms with E-state index in [1.165, 1.54) is 36.1 Å². The molecule has 1 unspecified atom stereocenters. The van der Waals surface area contributed by atoms with E-state index in [1.54, 1.807) is 14.2 Å². The summed E-state index contributed by atoms with van der Waals surface area (Å²) in [5.41, 5.74) is 5.04. The normalized spacial score (nSPS) is 20.9. The van der Waals surface area contributed by atoms with E-state index in [1.807, 2.05) is 13.1 Å². The third-order valence-electron chi connectivity index (χ3n) is 8.21. The van der Waals surface area contributed by atoms with Crippen molar-refractivity contribution in [2.24, 2.45) is 0 Å². The quantitative estimate of drug-likeness (QED) is 0.439. The topological polar surface area (TPSA) is 57.6 Å². The van der Waals surface area contributed by atoms with Gasteiger partial charge in [0.1, 0.15) is 24.2 Å². The van der Waals surface area contributed by atoms with E-state index in [-0.39, 0.29) is 6.61 Å². The van der Waals surface area contributed by atoms with Gasteiger partial charge in [-0.05, 0) is 75.0 Å². The molecule has 210 valence electrons. The number of benzene rings is 2. The minimum atomic E-state index is -0.549. The lowest BCUT2D eigenvalue weighted by molar-refractivity contribution is 0.0660. The summed E-state index contributed by atoms with van der Waals surface area (Å²) in [6.07, 6.45) is 3.07. The van der Waals surface area contributed by atoms with Gasteiger partial charge in [-0.1, -0.05) is 17.7 Å². The van der Waals surface area contributed by atoms with Gasteiger partial charge in [0.2, 0.25) is 0 Å². The Balaban J connectivity index is 1.40. The fourth-order valence-electron chi connectivity index (χ4n) is 5.93. The average molecular weight is 546 g/mol. The van der Waals surface area contributed by atoms with Gasteiger partial charge in [0.15, 0.2) is 0 Å². The molecule has 0 radical (unpaired) electrons. The predicted octanol–water partition coefficient (Wildman–Crippen LogP) is 4.70. The Bertz CT molecular complexity index is 1070. The maximum Gasteiger partial charge on any atom is 0.139 e. The Morgan fingerprint density at radius 2 is 1.89 bits per heavy atom. The number of rotatable bonds is 11. The number of aliphatic hydroxyl groups is 1. The van der Waals surface area contributed by atoms with E-state index >= 15 is 0 Å². The lowest BCUT2D eigenvalue weighted by atomic mass is 9.86. The van der Waals surface area contributed by atoms with Crippen LogP contribution >= 0.6 is 11.6 Å². The van der Waals surface area contributed by atoms with E-state index < -0.39 is 6.10 Å². The first-order valence-electron chi connectivity index (χ1n) is 13.7. The molecule has 1 N–H and O–H groups in total. The molecular formula is C30H44ClN3O4. The molecule has 0 aliphatic carbocycles. The molecule has 0 bridgehead atoms. The van der Waals surface area contributed by atoms with Crippen molar-refractivity contribution in [3.05, 3.63) is 52.0 Å². The summed E-state index contributed by atoms with van der Waals surface area (Å²) < 4.78 is 16.6. The number of likely N-dealkylation sites (N-methyl/N-ethyl adjacent to an activating group) is 1. The molecule has 2 fully saturated rings. The highest BCUT2D eigenvalue weighted by Gasteiger charge is 2.36. The zero-order chi connectivity index (χ0) is 27.2. The number of ether oxygens (including phenoxy) is 3. The maximum absolute atomic E-state index is 10.4. The first kappa shape index (κ1) is 29.0. The van der Waals surface area contributed by atoms with Gasteiger partial charge < -0.3 is 29.1 Å². The van der Waals surface area contributed by atoms with E-state index in [2.05, 4.69) is 52.8 Å². The zero-order valence-corrected chi connectivity index (χ0v) is 24.3. The Labute approximate surface area is 233 Å². The summed E-state index contributed by atoms with van der Waals surface area (Å²) in [5, 5.41) is 11.1. The van der Waals surface area contributed by atoms with Crippen molar-refractivity contribution in [3.8, 4) is 11.5 Å². The number of nitrogens with zero attached hydrogens (tertiary/aromatic N) is 3. The van der Waals surface area contributed by atoms with E-state index in [0.717, 1.165) is 43.2 Å². The predicted molar refractivity (Wildman–Crippen MR) is 154 cm³/mol. The number of aliphatic hydroxyl groups excluding tert-OH is 1. The molecule has 2 heterocycles. The monoisotopic (exact) mass is 545 g/mol. The van der Waals surface area contributed by atoms with Crippen molar-refractivity contribution in [3.63, 3.8) is 0 Å². The Hall–Kier alpha value is -2.03. The van der Waals surface area contributed by atoms with Gasteiger partial charge >= 0.3 is 0 Å². The molecule has 2 saturated heterocycles. The van der Waals surface area contributed by atoms with Crippen LogP contribution in [0.3, 0.4) is 0 Å². The molecule has 4 rings (SSSR count). The third-order valence-corrected chi connectivity index (χ3v) is 8.52. The lowest BCUT2D eigenvalue weighted by Gasteiger charge is -2.49. The summed E-state index contributed by atoms with van der Waals surface area (Å²) in [6.45, 7) is 9.63. The largest absolute Gasteiger partial charge is 0.495 e. The van der Waals surface area contributed by atoms with E-state index in [9.17, 15) is 5.11 Å².